The van der Waals surface area contributed by atoms with E-state index in [9.17, 15) is 14.7 Å². The fourth-order valence-electron chi connectivity index (χ4n) is 3.02. The van der Waals surface area contributed by atoms with Crippen LogP contribution in [0.5, 0.6) is 0 Å². The van der Waals surface area contributed by atoms with Crippen LogP contribution in [0.1, 0.15) is 38.7 Å². The van der Waals surface area contributed by atoms with Crippen LogP contribution >= 0.6 is 0 Å². The maximum Gasteiger partial charge on any atom is 0.221 e. The van der Waals surface area contributed by atoms with E-state index in [2.05, 4.69) is 5.32 Å². The number of hydrogen-bond acceptors (Lipinski definition) is 3. The van der Waals surface area contributed by atoms with Crippen molar-refractivity contribution in [1.29, 1.82) is 0 Å². The van der Waals surface area contributed by atoms with Gasteiger partial charge in [0.2, 0.25) is 5.91 Å². The Balaban J connectivity index is 1.94. The molecule has 1 aliphatic carbocycles. The smallest absolute Gasteiger partial charge is 0.221 e. The molecule has 114 valence electrons. The van der Waals surface area contributed by atoms with Crippen molar-refractivity contribution in [3.63, 3.8) is 0 Å². The van der Waals surface area contributed by atoms with Crippen LogP contribution in [0.25, 0.3) is 0 Å². The summed E-state index contributed by atoms with van der Waals surface area (Å²) in [4.78, 5) is 22.7. The van der Waals surface area contributed by atoms with Gasteiger partial charge in [-0.05, 0) is 42.9 Å². The molecule has 0 heterocycles. The molecular weight excluding hydrogens is 266 g/mol. The Kier molecular flexibility index (Phi) is 5.12. The van der Waals surface area contributed by atoms with E-state index in [1.54, 1.807) is 0 Å². The van der Waals surface area contributed by atoms with Gasteiger partial charge in [-0.25, -0.2) is 0 Å². The van der Waals surface area contributed by atoms with E-state index in [0.717, 1.165) is 30.5 Å². The maximum atomic E-state index is 11.7. The van der Waals surface area contributed by atoms with Gasteiger partial charge in [0.1, 0.15) is 5.78 Å². The van der Waals surface area contributed by atoms with E-state index >= 15 is 0 Å². The van der Waals surface area contributed by atoms with Crippen LogP contribution in [0.2, 0.25) is 0 Å². The first-order valence-electron chi connectivity index (χ1n) is 7.54. The summed E-state index contributed by atoms with van der Waals surface area (Å²) in [5.74, 6) is -0.0241. The van der Waals surface area contributed by atoms with Crippen molar-refractivity contribution >= 4 is 17.4 Å². The topological polar surface area (TPSA) is 66.4 Å². The molecule has 21 heavy (non-hydrogen) atoms. The maximum absolute atomic E-state index is 11.7. The number of carbonyl (C=O) groups is 2. The molecule has 3 atom stereocenters. The van der Waals surface area contributed by atoms with Crippen LogP contribution in [0.15, 0.2) is 24.3 Å². The molecule has 2 rings (SSSR count). The van der Waals surface area contributed by atoms with Crippen LogP contribution in [0.3, 0.4) is 0 Å². The van der Waals surface area contributed by atoms with E-state index in [-0.39, 0.29) is 23.5 Å². The molecule has 0 radical (unpaired) electrons. The average molecular weight is 289 g/mol. The number of amides is 1. The van der Waals surface area contributed by atoms with Crippen LogP contribution in [0, 0.1) is 11.8 Å². The van der Waals surface area contributed by atoms with Crippen molar-refractivity contribution in [2.24, 2.45) is 11.8 Å². The van der Waals surface area contributed by atoms with Gasteiger partial charge in [0.05, 0.1) is 6.10 Å². The van der Waals surface area contributed by atoms with Gasteiger partial charge >= 0.3 is 0 Å². The number of ketones is 1. The molecule has 0 aromatic heterocycles. The summed E-state index contributed by atoms with van der Waals surface area (Å²) < 4.78 is 0. The lowest BCUT2D eigenvalue weighted by Gasteiger charge is -2.23. The zero-order valence-corrected chi connectivity index (χ0v) is 12.6. The molecule has 0 aliphatic heterocycles. The molecule has 1 fully saturated rings. The minimum Gasteiger partial charge on any atom is -0.392 e. The third-order valence-corrected chi connectivity index (χ3v) is 4.18. The minimum atomic E-state index is -0.560. The van der Waals surface area contributed by atoms with Crippen molar-refractivity contribution in [1.82, 2.24) is 0 Å². The van der Waals surface area contributed by atoms with Crippen LogP contribution in [0.4, 0.5) is 5.69 Å². The Hall–Kier alpha value is -1.68. The van der Waals surface area contributed by atoms with Crippen molar-refractivity contribution in [3.8, 4) is 0 Å². The first-order chi connectivity index (χ1) is 9.97. The predicted octanol–water partition coefficient (Wildman–Crippen LogP) is 2.55. The Morgan fingerprint density at radius 2 is 2.05 bits per heavy atom. The number of hydrogen-bond donors (Lipinski definition) is 2. The molecule has 0 spiro atoms. The second-order valence-corrected chi connectivity index (χ2v) is 6.02. The average Bonchev–Trinajstić information content (AvgIpc) is 2.85. The zero-order valence-electron chi connectivity index (χ0n) is 12.6. The standard InChI is InChI=1S/C17H23NO3/c1-11(17(21)15-4-3-5-16(15)20)10-13-6-8-14(9-7-13)18-12(2)19/h6-9,11,15,17,21H,3-5,10H2,1-2H3,(H,18,19). The van der Waals surface area contributed by atoms with Crippen molar-refractivity contribution in [2.45, 2.75) is 45.6 Å². The van der Waals surface area contributed by atoms with E-state index < -0.39 is 6.10 Å². The van der Waals surface area contributed by atoms with Gasteiger partial charge in [-0.15, -0.1) is 0 Å². The highest BCUT2D eigenvalue weighted by atomic mass is 16.3. The Morgan fingerprint density at radius 1 is 1.38 bits per heavy atom. The van der Waals surface area contributed by atoms with Gasteiger partial charge in [0.25, 0.3) is 0 Å². The molecule has 1 aliphatic rings. The summed E-state index contributed by atoms with van der Waals surface area (Å²) >= 11 is 0. The molecule has 3 unspecified atom stereocenters. The van der Waals surface area contributed by atoms with E-state index in [0.29, 0.717) is 6.42 Å². The van der Waals surface area contributed by atoms with Crippen molar-refractivity contribution < 1.29 is 14.7 Å². The van der Waals surface area contributed by atoms with Gasteiger partial charge in [-0.1, -0.05) is 19.1 Å². The molecule has 0 saturated heterocycles. The third-order valence-electron chi connectivity index (χ3n) is 4.18. The fourth-order valence-corrected chi connectivity index (χ4v) is 3.02. The Labute approximate surface area is 125 Å². The number of benzene rings is 1. The van der Waals surface area contributed by atoms with Crippen LogP contribution in [-0.2, 0) is 16.0 Å². The number of Topliss-reactive ketones (excluding diaryl/α,β-unsaturated/α-hetero) is 1. The molecular formula is C17H23NO3. The van der Waals surface area contributed by atoms with Gasteiger partial charge < -0.3 is 10.4 Å². The second-order valence-electron chi connectivity index (χ2n) is 6.02. The molecule has 4 nitrogen and oxygen atoms in total. The van der Waals surface area contributed by atoms with Crippen molar-refractivity contribution in [2.75, 3.05) is 5.32 Å². The summed E-state index contributed by atoms with van der Waals surface area (Å²) in [6.07, 6.45) is 2.49. The Bertz CT molecular complexity index is 509. The molecule has 1 amide bonds. The summed E-state index contributed by atoms with van der Waals surface area (Å²) in [5, 5.41) is 13.1. The highest BCUT2D eigenvalue weighted by molar-refractivity contribution is 5.88. The second kappa shape index (κ2) is 6.85. The summed E-state index contributed by atoms with van der Waals surface area (Å²) in [5.41, 5.74) is 1.87. The predicted molar refractivity (Wildman–Crippen MR) is 82.0 cm³/mol. The lowest BCUT2D eigenvalue weighted by molar-refractivity contribution is -0.124. The lowest BCUT2D eigenvalue weighted by atomic mass is 9.86. The molecule has 0 bridgehead atoms. The highest BCUT2D eigenvalue weighted by Gasteiger charge is 2.33. The third kappa shape index (κ3) is 4.14. The van der Waals surface area contributed by atoms with Crippen molar-refractivity contribution in [3.05, 3.63) is 29.8 Å². The number of carbonyl (C=O) groups excluding carboxylic acids is 2. The van der Waals surface area contributed by atoms with Gasteiger partial charge in [0.15, 0.2) is 0 Å². The number of rotatable bonds is 5. The first-order valence-corrected chi connectivity index (χ1v) is 7.54. The minimum absolute atomic E-state index is 0.0451. The van der Waals surface area contributed by atoms with Crippen LogP contribution in [-0.4, -0.2) is 22.9 Å². The van der Waals surface area contributed by atoms with E-state index in [1.807, 2.05) is 31.2 Å². The van der Waals surface area contributed by atoms with Gasteiger partial charge in [-0.2, -0.15) is 0 Å². The van der Waals surface area contributed by atoms with E-state index in [4.69, 9.17) is 0 Å². The largest absolute Gasteiger partial charge is 0.392 e. The SMILES string of the molecule is CC(=O)Nc1ccc(CC(C)C(O)C2CCCC2=O)cc1. The summed E-state index contributed by atoms with van der Waals surface area (Å²) in [7, 11) is 0. The monoisotopic (exact) mass is 289 g/mol. The van der Waals surface area contributed by atoms with Crippen LogP contribution < -0.4 is 5.32 Å². The molecule has 2 N–H and O–H groups in total. The van der Waals surface area contributed by atoms with Gasteiger partial charge in [0, 0.05) is 24.9 Å². The highest BCUT2D eigenvalue weighted by Crippen LogP contribution is 2.29. The Morgan fingerprint density at radius 3 is 2.57 bits per heavy atom. The molecule has 1 saturated carbocycles. The number of aliphatic hydroxyl groups is 1. The van der Waals surface area contributed by atoms with E-state index in [1.165, 1.54) is 6.92 Å². The lowest BCUT2D eigenvalue weighted by Crippen LogP contribution is -2.31. The zero-order chi connectivity index (χ0) is 15.4. The molecule has 1 aromatic carbocycles. The fraction of sp³-hybridized carbons (Fsp3) is 0.529. The summed E-state index contributed by atoms with van der Waals surface area (Å²) in [6.45, 7) is 3.46. The number of anilines is 1. The van der Waals surface area contributed by atoms with Gasteiger partial charge in [-0.3, -0.25) is 9.59 Å². The normalized spacial score (nSPS) is 21.1. The molecule has 4 heteroatoms. The summed E-state index contributed by atoms with van der Waals surface area (Å²) in [6, 6.07) is 7.61. The molecule has 1 aromatic rings. The quantitative estimate of drug-likeness (QED) is 0.875. The number of nitrogens with one attached hydrogen (secondary N) is 1. The number of aliphatic hydroxyl groups excluding tert-OH is 1. The first kappa shape index (κ1) is 15.7.